The number of sulfonamides is 1. The molecule has 0 unspecified atom stereocenters. The third-order valence-electron chi connectivity index (χ3n) is 8.87. The molecule has 9 nitrogen and oxygen atoms in total. The van der Waals surface area contributed by atoms with Crippen LogP contribution in [0.4, 0.5) is 0 Å². The summed E-state index contributed by atoms with van der Waals surface area (Å²) in [6.07, 6.45) is 1.61. The number of rotatable bonds is 13. The van der Waals surface area contributed by atoms with E-state index >= 15 is 0 Å². The van der Waals surface area contributed by atoms with Crippen LogP contribution in [-0.4, -0.2) is 63.3 Å². The lowest BCUT2D eigenvalue weighted by Gasteiger charge is -2.40. The largest absolute Gasteiger partial charge is 0.342 e. The van der Waals surface area contributed by atoms with Crippen molar-refractivity contribution < 1.29 is 22.8 Å². The molecule has 3 N–H and O–H groups in total. The van der Waals surface area contributed by atoms with Crippen molar-refractivity contribution in [2.45, 2.75) is 111 Å². The molecule has 2 rings (SSSR count). The molecule has 3 amide bonds. The highest BCUT2D eigenvalue weighted by Crippen LogP contribution is 2.29. The zero-order valence-electron chi connectivity index (χ0n) is 31.2. The van der Waals surface area contributed by atoms with Crippen LogP contribution in [0, 0.1) is 11.3 Å². The van der Waals surface area contributed by atoms with Crippen LogP contribution < -0.4 is 15.4 Å². The molecule has 48 heavy (non-hydrogen) atoms. The van der Waals surface area contributed by atoms with Crippen LogP contribution in [0.2, 0.25) is 0 Å². The molecule has 3 atom stereocenters. The minimum atomic E-state index is -3.98. The van der Waals surface area contributed by atoms with Crippen molar-refractivity contribution in [2.75, 3.05) is 14.1 Å². The van der Waals surface area contributed by atoms with E-state index in [9.17, 15) is 22.8 Å². The predicted molar refractivity (Wildman–Crippen MR) is 195 cm³/mol. The molecule has 0 aliphatic heterocycles. The predicted octanol–water partition coefficient (Wildman–Crippen LogP) is 5.46. The first-order valence-corrected chi connectivity index (χ1v) is 18.2. The van der Waals surface area contributed by atoms with E-state index in [-0.39, 0.29) is 34.5 Å². The molecule has 0 saturated carbocycles. The highest BCUT2D eigenvalue weighted by molar-refractivity contribution is 7.89. The molecule has 0 radical (unpaired) electrons. The Kier molecular flexibility index (Phi) is 13.4. The van der Waals surface area contributed by atoms with Crippen LogP contribution in [-0.2, 0) is 41.0 Å². The summed E-state index contributed by atoms with van der Waals surface area (Å²) in [5.74, 6) is -1.85. The minimum absolute atomic E-state index is 0.0675. The Balaban J connectivity index is 2.27. The van der Waals surface area contributed by atoms with E-state index in [2.05, 4.69) is 36.1 Å². The number of hydrogen-bond acceptors (Lipinski definition) is 6. The number of nitrogens with zero attached hydrogens (tertiary/aromatic N) is 1. The molecule has 0 aliphatic rings. The highest BCUT2D eigenvalue weighted by atomic mass is 32.2. The van der Waals surface area contributed by atoms with Crippen LogP contribution in [0.1, 0.15) is 92.9 Å². The van der Waals surface area contributed by atoms with Crippen LogP contribution >= 0.6 is 0 Å². The van der Waals surface area contributed by atoms with E-state index in [0.717, 1.165) is 11.1 Å². The maximum absolute atomic E-state index is 14.1. The van der Waals surface area contributed by atoms with Gasteiger partial charge in [-0.3, -0.25) is 14.4 Å². The van der Waals surface area contributed by atoms with Crippen molar-refractivity contribution in [3.63, 3.8) is 0 Å². The molecular weight excluding hydrogens is 625 g/mol. The Hall–Kier alpha value is -3.50. The fraction of sp³-hybridized carbons (Fsp3) is 0.553. The molecule has 2 aromatic rings. The van der Waals surface area contributed by atoms with E-state index in [4.69, 9.17) is 0 Å². The summed E-state index contributed by atoms with van der Waals surface area (Å²) in [6, 6.07) is 15.0. The Morgan fingerprint density at radius 1 is 0.833 bits per heavy atom. The van der Waals surface area contributed by atoms with E-state index in [1.54, 1.807) is 32.3 Å². The third kappa shape index (κ3) is 10.8. The lowest BCUT2D eigenvalue weighted by molar-refractivity contribution is -0.140. The van der Waals surface area contributed by atoms with Gasteiger partial charge in [0.25, 0.3) is 5.91 Å². The molecule has 10 heteroatoms. The van der Waals surface area contributed by atoms with Gasteiger partial charge in [0.2, 0.25) is 21.8 Å². The lowest BCUT2D eigenvalue weighted by Crippen LogP contribution is -2.61. The second-order valence-electron chi connectivity index (χ2n) is 15.8. The lowest BCUT2D eigenvalue weighted by atomic mass is 9.76. The van der Waals surface area contributed by atoms with Crippen LogP contribution in [0.15, 0.2) is 66.2 Å². The zero-order chi connectivity index (χ0) is 36.8. The van der Waals surface area contributed by atoms with Crippen molar-refractivity contribution in [3.05, 3.63) is 82.9 Å². The minimum Gasteiger partial charge on any atom is -0.342 e. The molecule has 0 fully saturated rings. The zero-order valence-corrected chi connectivity index (χ0v) is 32.0. The SMILES string of the molecule is CN[C@H](C(=O)N[C@H](C(=O)N(C)[C@H](/C=C(\C)C(=O)NS(=O)(=O)Cc1ccc(C(C)(C)C)cc1)C(C)C)C(C)(C)C)C(C)(C)c1ccccc1. The third-order valence-corrected chi connectivity index (χ3v) is 10.1. The molecule has 0 saturated heterocycles. The summed E-state index contributed by atoms with van der Waals surface area (Å²) in [4.78, 5) is 42.6. The summed E-state index contributed by atoms with van der Waals surface area (Å²) >= 11 is 0. The van der Waals surface area contributed by atoms with Crippen LogP contribution in [0.3, 0.4) is 0 Å². The quantitative estimate of drug-likeness (QED) is 0.241. The van der Waals surface area contributed by atoms with Crippen molar-refractivity contribution >= 4 is 27.7 Å². The molecular formula is C38H58N4O5S. The summed E-state index contributed by atoms with van der Waals surface area (Å²) in [6.45, 7) is 21.2. The summed E-state index contributed by atoms with van der Waals surface area (Å²) < 4.78 is 28.0. The van der Waals surface area contributed by atoms with Crippen molar-refractivity contribution in [2.24, 2.45) is 11.3 Å². The van der Waals surface area contributed by atoms with Gasteiger partial charge >= 0.3 is 0 Å². The second kappa shape index (κ2) is 15.8. The number of amides is 3. The van der Waals surface area contributed by atoms with Gasteiger partial charge in [0.1, 0.15) is 6.04 Å². The van der Waals surface area contributed by atoms with Gasteiger partial charge in [-0.15, -0.1) is 0 Å². The first kappa shape index (κ1) is 40.7. The standard InChI is InChI=1S/C38H58N4O5S/c1-25(2)30(23-26(3)33(43)41-48(46,47)24-27-19-21-28(22-20-27)36(4,5)6)42(13)35(45)32(37(7,8)9)40-34(44)31(39-12)38(10,11)29-17-15-14-16-18-29/h14-23,25,30-32,39H,24H2,1-13H3,(H,40,44)(H,41,43)/b26-23+/t30-,31-,32-/m1/s1. The number of carbonyl (C=O) groups excluding carboxylic acids is 3. The topological polar surface area (TPSA) is 125 Å². The van der Waals surface area contributed by atoms with Crippen molar-refractivity contribution in [1.29, 1.82) is 0 Å². The van der Waals surface area contributed by atoms with Crippen LogP contribution in [0.25, 0.3) is 0 Å². The van der Waals surface area contributed by atoms with Crippen molar-refractivity contribution in [3.8, 4) is 0 Å². The Morgan fingerprint density at radius 3 is 1.83 bits per heavy atom. The number of carbonyl (C=O) groups is 3. The molecule has 266 valence electrons. The Bertz CT molecular complexity index is 1550. The van der Waals surface area contributed by atoms with Gasteiger partial charge in [-0.1, -0.05) is 130 Å². The number of likely N-dealkylation sites (N-methyl/N-ethyl adjacent to an activating group) is 2. The molecule has 0 aliphatic carbocycles. The molecule has 0 bridgehead atoms. The number of benzene rings is 2. The van der Waals surface area contributed by atoms with E-state index in [1.165, 1.54) is 11.8 Å². The number of hydrogen-bond donors (Lipinski definition) is 3. The van der Waals surface area contributed by atoms with Gasteiger partial charge in [0.05, 0.1) is 17.8 Å². The van der Waals surface area contributed by atoms with Gasteiger partial charge < -0.3 is 15.5 Å². The molecule has 0 aromatic heterocycles. The van der Waals surface area contributed by atoms with E-state index in [0.29, 0.717) is 5.56 Å². The fourth-order valence-corrected chi connectivity index (χ4v) is 6.89. The Morgan fingerprint density at radius 2 is 1.38 bits per heavy atom. The van der Waals surface area contributed by atoms with Gasteiger partial charge in [0.15, 0.2) is 0 Å². The second-order valence-corrected chi connectivity index (χ2v) is 17.5. The first-order valence-electron chi connectivity index (χ1n) is 16.5. The average Bonchev–Trinajstić information content (AvgIpc) is 2.97. The normalized spacial score (nSPS) is 15.0. The first-order chi connectivity index (χ1) is 21.9. The smallest absolute Gasteiger partial charge is 0.260 e. The van der Waals surface area contributed by atoms with Gasteiger partial charge in [-0.25, -0.2) is 13.1 Å². The molecule has 0 heterocycles. The monoisotopic (exact) mass is 682 g/mol. The highest BCUT2D eigenvalue weighted by Gasteiger charge is 2.41. The van der Waals surface area contributed by atoms with Gasteiger partial charge in [-0.05, 0) is 47.4 Å². The van der Waals surface area contributed by atoms with Gasteiger partial charge in [-0.2, -0.15) is 0 Å². The van der Waals surface area contributed by atoms with Crippen molar-refractivity contribution in [1.82, 2.24) is 20.3 Å². The van der Waals surface area contributed by atoms with E-state index < -0.39 is 44.9 Å². The summed E-state index contributed by atoms with van der Waals surface area (Å²) in [5.41, 5.74) is 1.50. The molecule has 0 spiro atoms. The summed E-state index contributed by atoms with van der Waals surface area (Å²) in [5, 5.41) is 6.18. The maximum atomic E-state index is 14.1. The Labute approximate surface area is 289 Å². The van der Waals surface area contributed by atoms with E-state index in [1.807, 2.05) is 90.9 Å². The number of nitrogens with one attached hydrogen (secondary N) is 3. The fourth-order valence-electron chi connectivity index (χ4n) is 5.74. The maximum Gasteiger partial charge on any atom is 0.260 e. The van der Waals surface area contributed by atoms with Gasteiger partial charge in [0, 0.05) is 18.0 Å². The molecule has 2 aromatic carbocycles. The average molecular weight is 683 g/mol. The summed E-state index contributed by atoms with van der Waals surface area (Å²) in [7, 11) is -0.616. The van der Waals surface area contributed by atoms with Crippen LogP contribution in [0.5, 0.6) is 0 Å².